The lowest BCUT2D eigenvalue weighted by atomic mass is 10.1. The van der Waals surface area contributed by atoms with E-state index in [2.05, 4.69) is 10.1 Å². The zero-order chi connectivity index (χ0) is 16.2. The second kappa shape index (κ2) is 6.23. The van der Waals surface area contributed by atoms with Crippen LogP contribution in [0.5, 0.6) is 0 Å². The summed E-state index contributed by atoms with van der Waals surface area (Å²) in [6.45, 7) is 0. The maximum atomic E-state index is 12.9. The van der Waals surface area contributed by atoms with Gasteiger partial charge in [-0.25, -0.2) is 9.18 Å². The molecule has 114 valence electrons. The summed E-state index contributed by atoms with van der Waals surface area (Å²) in [4.78, 5) is 15.4. The van der Waals surface area contributed by atoms with Gasteiger partial charge >= 0.3 is 5.97 Å². The van der Waals surface area contributed by atoms with Crippen LogP contribution in [0, 0.1) is 5.82 Å². The van der Waals surface area contributed by atoms with Gasteiger partial charge in [-0.3, -0.25) is 4.98 Å². The Bertz CT molecular complexity index is 855. The van der Waals surface area contributed by atoms with Crippen LogP contribution in [-0.2, 0) is 0 Å². The molecule has 1 N–H and O–H groups in total. The number of hydrogen-bond acceptors (Lipinski definition) is 4. The van der Waals surface area contributed by atoms with Crippen molar-refractivity contribution in [3.8, 4) is 11.4 Å². The zero-order valence-corrected chi connectivity index (χ0v) is 11.8. The number of carboxylic acid groups (broad SMARTS) is 1. The largest absolute Gasteiger partial charge is 0.477 e. The van der Waals surface area contributed by atoms with Crippen molar-refractivity contribution in [3.63, 3.8) is 0 Å². The molecule has 0 saturated carbocycles. The van der Waals surface area contributed by atoms with E-state index in [1.165, 1.54) is 18.2 Å². The van der Waals surface area contributed by atoms with Gasteiger partial charge in [-0.2, -0.15) is 0 Å². The van der Waals surface area contributed by atoms with Crippen LogP contribution in [0.3, 0.4) is 0 Å². The van der Waals surface area contributed by atoms with Crippen LogP contribution in [0.4, 0.5) is 4.39 Å². The molecule has 3 aromatic rings. The van der Waals surface area contributed by atoms with Crippen LogP contribution in [0.25, 0.3) is 23.5 Å². The van der Waals surface area contributed by atoms with E-state index < -0.39 is 11.8 Å². The van der Waals surface area contributed by atoms with Crippen molar-refractivity contribution < 1.29 is 18.8 Å². The van der Waals surface area contributed by atoms with E-state index in [4.69, 9.17) is 4.52 Å². The summed E-state index contributed by atoms with van der Waals surface area (Å²) in [5.74, 6) is -1.61. The van der Waals surface area contributed by atoms with Crippen molar-refractivity contribution in [2.24, 2.45) is 0 Å². The van der Waals surface area contributed by atoms with Crippen molar-refractivity contribution >= 4 is 18.1 Å². The Kier molecular flexibility index (Phi) is 3.97. The van der Waals surface area contributed by atoms with Crippen LogP contribution in [-0.4, -0.2) is 21.2 Å². The molecule has 1 aromatic carbocycles. The van der Waals surface area contributed by atoms with Crippen LogP contribution in [0.2, 0.25) is 0 Å². The molecule has 3 rings (SSSR count). The van der Waals surface area contributed by atoms with Crippen molar-refractivity contribution in [3.05, 3.63) is 71.4 Å². The van der Waals surface area contributed by atoms with Gasteiger partial charge in [-0.1, -0.05) is 41.6 Å². The Morgan fingerprint density at radius 1 is 1.13 bits per heavy atom. The molecule has 0 aliphatic rings. The van der Waals surface area contributed by atoms with Gasteiger partial charge in [0.25, 0.3) is 0 Å². The Morgan fingerprint density at radius 3 is 2.57 bits per heavy atom. The van der Waals surface area contributed by atoms with Crippen LogP contribution in [0.1, 0.15) is 21.7 Å². The maximum absolute atomic E-state index is 12.9. The van der Waals surface area contributed by atoms with E-state index in [9.17, 15) is 14.3 Å². The molecule has 0 amide bonds. The lowest BCUT2D eigenvalue weighted by molar-refractivity contribution is 0.0696. The number of carbonyl (C=O) groups is 1. The van der Waals surface area contributed by atoms with E-state index in [-0.39, 0.29) is 22.7 Å². The summed E-state index contributed by atoms with van der Waals surface area (Å²) in [5, 5.41) is 13.2. The fourth-order valence-electron chi connectivity index (χ4n) is 2.05. The average molecular weight is 310 g/mol. The summed E-state index contributed by atoms with van der Waals surface area (Å²) in [6.07, 6.45) is 4.24. The lowest BCUT2D eigenvalue weighted by Crippen LogP contribution is -2.00. The summed E-state index contributed by atoms with van der Waals surface area (Å²) < 4.78 is 18.1. The van der Waals surface area contributed by atoms with Gasteiger partial charge in [-0.15, -0.1) is 0 Å². The number of benzene rings is 1. The Balaban J connectivity index is 2.01. The molecule has 2 heterocycles. The standard InChI is InChI=1S/C17H11FN2O3/c18-12-7-8-13(19-10-12)16-15(17(21)22)14(23-20-16)9-6-11-4-2-1-3-5-11/h1-10H,(H,21,22). The molecule has 0 unspecified atom stereocenters. The summed E-state index contributed by atoms with van der Waals surface area (Å²) in [5.41, 5.74) is 1.06. The highest BCUT2D eigenvalue weighted by Crippen LogP contribution is 2.25. The van der Waals surface area contributed by atoms with Gasteiger partial charge in [0, 0.05) is 0 Å². The number of aromatic nitrogens is 2. The van der Waals surface area contributed by atoms with Gasteiger partial charge in [-0.05, 0) is 23.8 Å². The second-order valence-corrected chi connectivity index (χ2v) is 4.68. The van der Waals surface area contributed by atoms with Crippen molar-refractivity contribution in [1.29, 1.82) is 0 Å². The number of halogens is 1. The van der Waals surface area contributed by atoms with Crippen LogP contribution in [0.15, 0.2) is 53.2 Å². The lowest BCUT2D eigenvalue weighted by Gasteiger charge is -1.97. The van der Waals surface area contributed by atoms with Crippen molar-refractivity contribution in [2.75, 3.05) is 0 Å². The third kappa shape index (κ3) is 3.16. The number of pyridine rings is 1. The van der Waals surface area contributed by atoms with E-state index in [0.29, 0.717) is 0 Å². The van der Waals surface area contributed by atoms with Gasteiger partial charge in [0.1, 0.15) is 17.1 Å². The predicted molar refractivity (Wildman–Crippen MR) is 82.0 cm³/mol. The number of carboxylic acids is 1. The minimum absolute atomic E-state index is 0.0604. The van der Waals surface area contributed by atoms with E-state index in [1.807, 2.05) is 30.3 Å². The van der Waals surface area contributed by atoms with E-state index in [1.54, 1.807) is 6.08 Å². The van der Waals surface area contributed by atoms with Gasteiger partial charge in [0.2, 0.25) is 0 Å². The summed E-state index contributed by atoms with van der Waals surface area (Å²) in [7, 11) is 0. The van der Waals surface area contributed by atoms with Crippen molar-refractivity contribution in [2.45, 2.75) is 0 Å². The molecular weight excluding hydrogens is 299 g/mol. The van der Waals surface area contributed by atoms with Gasteiger partial charge in [0.15, 0.2) is 5.76 Å². The first-order chi connectivity index (χ1) is 11.1. The molecule has 23 heavy (non-hydrogen) atoms. The summed E-state index contributed by atoms with van der Waals surface area (Å²) >= 11 is 0. The topological polar surface area (TPSA) is 76.2 Å². The Labute approximate surface area is 130 Å². The predicted octanol–water partition coefficient (Wildman–Crippen LogP) is 3.74. The Hall–Kier alpha value is -3.28. The smallest absolute Gasteiger partial charge is 0.342 e. The normalized spacial score (nSPS) is 11.0. The zero-order valence-electron chi connectivity index (χ0n) is 11.8. The molecule has 0 atom stereocenters. The molecule has 0 fully saturated rings. The highest BCUT2D eigenvalue weighted by atomic mass is 19.1. The number of aromatic carboxylic acids is 1. The number of hydrogen-bond donors (Lipinski definition) is 1. The van der Waals surface area contributed by atoms with E-state index >= 15 is 0 Å². The molecule has 0 saturated heterocycles. The SMILES string of the molecule is O=C(O)c1c(-c2ccc(F)cn2)noc1C=Cc1ccccc1. The van der Waals surface area contributed by atoms with Gasteiger partial charge < -0.3 is 9.63 Å². The molecule has 0 bridgehead atoms. The second-order valence-electron chi connectivity index (χ2n) is 4.68. The molecule has 0 spiro atoms. The number of nitrogens with zero attached hydrogens (tertiary/aromatic N) is 2. The first-order valence-corrected chi connectivity index (χ1v) is 6.73. The van der Waals surface area contributed by atoms with Crippen LogP contribution >= 0.6 is 0 Å². The third-order valence-electron chi connectivity index (χ3n) is 3.13. The first-order valence-electron chi connectivity index (χ1n) is 6.73. The number of rotatable bonds is 4. The maximum Gasteiger partial charge on any atom is 0.342 e. The average Bonchev–Trinajstić information content (AvgIpc) is 2.99. The van der Waals surface area contributed by atoms with Crippen molar-refractivity contribution in [1.82, 2.24) is 10.1 Å². The molecule has 5 nitrogen and oxygen atoms in total. The molecule has 2 aromatic heterocycles. The monoisotopic (exact) mass is 310 g/mol. The van der Waals surface area contributed by atoms with Gasteiger partial charge in [0.05, 0.1) is 11.9 Å². The molecule has 0 aliphatic heterocycles. The summed E-state index contributed by atoms with van der Waals surface area (Å²) in [6, 6.07) is 11.9. The fraction of sp³-hybridized carbons (Fsp3) is 0. The first kappa shape index (κ1) is 14.6. The molecule has 0 radical (unpaired) electrons. The highest BCUT2D eigenvalue weighted by Gasteiger charge is 2.22. The highest BCUT2D eigenvalue weighted by molar-refractivity contribution is 5.98. The molecular formula is C17H11FN2O3. The Morgan fingerprint density at radius 2 is 1.91 bits per heavy atom. The minimum Gasteiger partial charge on any atom is -0.477 e. The van der Waals surface area contributed by atoms with E-state index in [0.717, 1.165) is 11.8 Å². The molecule has 0 aliphatic carbocycles. The molecule has 6 heteroatoms. The van der Waals surface area contributed by atoms with Crippen LogP contribution < -0.4 is 0 Å². The fourth-order valence-corrected chi connectivity index (χ4v) is 2.05. The third-order valence-corrected chi connectivity index (χ3v) is 3.13. The minimum atomic E-state index is -1.19. The quantitative estimate of drug-likeness (QED) is 0.794.